The third-order valence-corrected chi connectivity index (χ3v) is 5.55. The molecule has 1 unspecified atom stereocenters. The van der Waals surface area contributed by atoms with Crippen LogP contribution in [0.3, 0.4) is 0 Å². The summed E-state index contributed by atoms with van der Waals surface area (Å²) in [4.78, 5) is 0. The van der Waals surface area contributed by atoms with Gasteiger partial charge in [0.1, 0.15) is 0 Å². The van der Waals surface area contributed by atoms with Crippen molar-refractivity contribution < 1.29 is 0 Å². The lowest BCUT2D eigenvalue weighted by Gasteiger charge is -2.14. The molecule has 0 spiro atoms. The van der Waals surface area contributed by atoms with E-state index in [-0.39, 0.29) is 0 Å². The maximum atomic E-state index is 4.84. The Bertz CT molecular complexity index is 529. The summed E-state index contributed by atoms with van der Waals surface area (Å²) in [6.45, 7) is 2.29. The van der Waals surface area contributed by atoms with E-state index in [0.717, 1.165) is 5.92 Å². The smallest absolute Gasteiger partial charge is 0.0708 e. The zero-order valence-electron chi connectivity index (χ0n) is 14.8. The summed E-state index contributed by atoms with van der Waals surface area (Å²) in [5, 5.41) is 4.84. The van der Waals surface area contributed by atoms with E-state index in [9.17, 15) is 0 Å². The van der Waals surface area contributed by atoms with Gasteiger partial charge in [0.25, 0.3) is 0 Å². The normalized spacial score (nSPS) is 18.9. The second-order valence-corrected chi connectivity index (χ2v) is 7.34. The molecule has 0 bridgehead atoms. The summed E-state index contributed by atoms with van der Waals surface area (Å²) in [5.74, 6) is 0.780. The predicted octanol–water partition coefficient (Wildman–Crippen LogP) is 6.98. The Labute approximate surface area is 142 Å². The van der Waals surface area contributed by atoms with Crippen LogP contribution >= 0.6 is 0 Å². The van der Waals surface area contributed by atoms with Crippen molar-refractivity contribution in [2.24, 2.45) is 5.92 Å². The zero-order chi connectivity index (χ0) is 15.9. The summed E-state index contributed by atoms with van der Waals surface area (Å²) in [7, 11) is 0. The average molecular weight is 311 g/mol. The molecule has 125 valence electrons. The number of fused-ring (bicyclic) bond motifs is 2. The van der Waals surface area contributed by atoms with E-state index in [4.69, 9.17) is 5.32 Å². The van der Waals surface area contributed by atoms with Crippen LogP contribution in [0, 0.1) is 5.92 Å². The van der Waals surface area contributed by atoms with Crippen molar-refractivity contribution in [1.82, 2.24) is 5.32 Å². The summed E-state index contributed by atoms with van der Waals surface area (Å²) in [5.41, 5.74) is 5.64. The Kier molecular flexibility index (Phi) is 6.19. The lowest BCUT2D eigenvalue weighted by Crippen LogP contribution is -1.99. The van der Waals surface area contributed by atoms with Crippen LogP contribution < -0.4 is 5.32 Å². The van der Waals surface area contributed by atoms with Gasteiger partial charge in [-0.3, -0.25) is 5.32 Å². The first-order valence-corrected chi connectivity index (χ1v) is 9.94. The Morgan fingerprint density at radius 3 is 2.39 bits per heavy atom. The van der Waals surface area contributed by atoms with Gasteiger partial charge in [-0.1, -0.05) is 82.9 Å². The van der Waals surface area contributed by atoms with Crippen molar-refractivity contribution in [1.29, 1.82) is 0 Å². The van der Waals surface area contributed by atoms with Gasteiger partial charge in [-0.25, -0.2) is 0 Å². The molecule has 0 saturated heterocycles. The zero-order valence-corrected chi connectivity index (χ0v) is 14.8. The molecule has 0 aromatic heterocycles. The highest BCUT2D eigenvalue weighted by atomic mass is 14.9. The molecule has 1 aromatic rings. The van der Waals surface area contributed by atoms with E-state index in [1.54, 1.807) is 5.57 Å². The van der Waals surface area contributed by atoms with Crippen LogP contribution in [-0.4, -0.2) is 0 Å². The molecule has 0 N–H and O–H groups in total. The van der Waals surface area contributed by atoms with Crippen molar-refractivity contribution >= 4 is 11.3 Å². The molecule has 1 heterocycles. The third kappa shape index (κ3) is 4.19. The minimum Gasteiger partial charge on any atom is -0.253 e. The van der Waals surface area contributed by atoms with Gasteiger partial charge in [-0.05, 0) is 36.8 Å². The molecule has 0 fully saturated rings. The van der Waals surface area contributed by atoms with Crippen molar-refractivity contribution in [3.63, 3.8) is 0 Å². The second kappa shape index (κ2) is 8.57. The second-order valence-electron chi connectivity index (χ2n) is 7.34. The van der Waals surface area contributed by atoms with Crippen LogP contribution in [0.2, 0.25) is 0 Å². The standard InChI is InChI=1S/C22H32N/c1-2-3-4-5-6-7-8-9-10-13-18-16-17-21-22(18)19-14-11-12-15-20(19)23-21/h11-12,14-15,18H,2-10,13,16-17H2,1H3. The number of rotatable bonds is 10. The molecule has 1 heteroatoms. The van der Waals surface area contributed by atoms with Crippen molar-refractivity contribution in [2.45, 2.75) is 84.0 Å². The number of nitrogens with zero attached hydrogens (tertiary/aromatic N) is 1. The molecule has 0 amide bonds. The highest BCUT2D eigenvalue weighted by molar-refractivity contribution is 5.84. The van der Waals surface area contributed by atoms with Crippen LogP contribution in [0.1, 0.15) is 89.5 Å². The summed E-state index contributed by atoms with van der Waals surface area (Å²) in [6, 6.07) is 8.72. The largest absolute Gasteiger partial charge is 0.253 e. The molecule has 1 radical (unpaired) electrons. The Morgan fingerprint density at radius 2 is 1.61 bits per heavy atom. The van der Waals surface area contributed by atoms with Crippen LogP contribution in [0.25, 0.3) is 5.57 Å². The third-order valence-electron chi connectivity index (χ3n) is 5.55. The number of allylic oxidation sites excluding steroid dienone is 2. The summed E-state index contributed by atoms with van der Waals surface area (Å²) >= 11 is 0. The van der Waals surface area contributed by atoms with Crippen molar-refractivity contribution in [2.75, 3.05) is 0 Å². The van der Waals surface area contributed by atoms with Crippen LogP contribution in [-0.2, 0) is 0 Å². The van der Waals surface area contributed by atoms with E-state index in [2.05, 4.69) is 31.2 Å². The molecular weight excluding hydrogens is 278 g/mol. The van der Waals surface area contributed by atoms with Gasteiger partial charge in [0.05, 0.1) is 5.69 Å². The van der Waals surface area contributed by atoms with Crippen LogP contribution in [0.4, 0.5) is 5.69 Å². The SMILES string of the molecule is CCCCCCCCCCCC1CCC2=C1c1ccccc1[N]2. The van der Waals surface area contributed by atoms with E-state index < -0.39 is 0 Å². The molecule has 1 aliphatic heterocycles. The van der Waals surface area contributed by atoms with Gasteiger partial charge < -0.3 is 0 Å². The molecule has 23 heavy (non-hydrogen) atoms. The molecule has 2 aliphatic rings. The molecule has 1 atom stereocenters. The lowest BCUT2D eigenvalue weighted by atomic mass is 9.90. The predicted molar refractivity (Wildman–Crippen MR) is 99.7 cm³/mol. The highest BCUT2D eigenvalue weighted by Crippen LogP contribution is 2.48. The van der Waals surface area contributed by atoms with E-state index in [1.807, 2.05) is 0 Å². The average Bonchev–Trinajstić information content (AvgIpc) is 3.13. The number of unbranched alkanes of at least 4 members (excludes halogenated alkanes) is 8. The molecular formula is C22H32N. The van der Waals surface area contributed by atoms with Gasteiger partial charge >= 0.3 is 0 Å². The van der Waals surface area contributed by atoms with E-state index in [0.29, 0.717) is 0 Å². The van der Waals surface area contributed by atoms with Gasteiger partial charge in [-0.15, -0.1) is 0 Å². The molecule has 3 rings (SSSR count). The Hall–Kier alpha value is -1.24. The first kappa shape index (κ1) is 16.6. The molecule has 1 aromatic carbocycles. The quantitative estimate of drug-likeness (QED) is 0.414. The topological polar surface area (TPSA) is 14.1 Å². The Balaban J connectivity index is 1.34. The minimum atomic E-state index is 0.780. The monoisotopic (exact) mass is 310 g/mol. The van der Waals surface area contributed by atoms with E-state index >= 15 is 0 Å². The fraction of sp³-hybridized carbons (Fsp3) is 0.636. The number of hydrogen-bond acceptors (Lipinski definition) is 0. The van der Waals surface area contributed by atoms with Crippen molar-refractivity contribution in [3.05, 3.63) is 35.5 Å². The maximum absolute atomic E-state index is 4.84. The van der Waals surface area contributed by atoms with Gasteiger partial charge in [-0.2, -0.15) is 0 Å². The van der Waals surface area contributed by atoms with Gasteiger partial charge in [0.2, 0.25) is 0 Å². The summed E-state index contributed by atoms with van der Waals surface area (Å²) in [6.07, 6.45) is 16.7. The minimum absolute atomic E-state index is 0.780. The van der Waals surface area contributed by atoms with Gasteiger partial charge in [0.15, 0.2) is 0 Å². The molecule has 1 nitrogen and oxygen atoms in total. The van der Waals surface area contributed by atoms with Crippen molar-refractivity contribution in [3.8, 4) is 0 Å². The van der Waals surface area contributed by atoms with E-state index in [1.165, 1.54) is 94.0 Å². The Morgan fingerprint density at radius 1 is 0.913 bits per heavy atom. The number of para-hydroxylation sites is 1. The fourth-order valence-corrected chi connectivity index (χ4v) is 4.25. The lowest BCUT2D eigenvalue weighted by molar-refractivity contribution is 0.511. The van der Waals surface area contributed by atoms with Gasteiger partial charge in [0, 0.05) is 11.3 Å². The molecule has 0 saturated carbocycles. The number of hydrogen-bond donors (Lipinski definition) is 0. The first-order chi connectivity index (χ1) is 11.4. The van der Waals surface area contributed by atoms with Crippen LogP contribution in [0.15, 0.2) is 30.0 Å². The number of benzene rings is 1. The first-order valence-electron chi connectivity index (χ1n) is 9.94. The molecule has 1 aliphatic carbocycles. The fourth-order valence-electron chi connectivity index (χ4n) is 4.25. The summed E-state index contributed by atoms with van der Waals surface area (Å²) < 4.78 is 0. The van der Waals surface area contributed by atoms with Crippen LogP contribution in [0.5, 0.6) is 0 Å². The maximum Gasteiger partial charge on any atom is 0.0708 e. The highest BCUT2D eigenvalue weighted by Gasteiger charge is 2.33.